The second-order valence-electron chi connectivity index (χ2n) is 6.85. The highest BCUT2D eigenvalue weighted by Crippen LogP contribution is 2.40. The molecule has 0 spiro atoms. The summed E-state index contributed by atoms with van der Waals surface area (Å²) in [5.41, 5.74) is 2.84. The minimum absolute atomic E-state index is 0.558. The molecule has 5 nitrogen and oxygen atoms in total. The predicted octanol–water partition coefficient (Wildman–Crippen LogP) is 2.94. The van der Waals surface area contributed by atoms with E-state index < -0.39 is 0 Å². The first-order valence-corrected chi connectivity index (χ1v) is 9.29. The van der Waals surface area contributed by atoms with Crippen molar-refractivity contribution in [3.63, 3.8) is 0 Å². The Balaban J connectivity index is 1.34. The van der Waals surface area contributed by atoms with Gasteiger partial charge in [-0.2, -0.15) is 4.37 Å². The van der Waals surface area contributed by atoms with Crippen LogP contribution in [0.5, 0.6) is 0 Å². The highest BCUT2D eigenvalue weighted by atomic mass is 32.1. The molecule has 0 radical (unpaired) electrons. The van der Waals surface area contributed by atoms with Crippen LogP contribution in [-0.2, 0) is 12.8 Å². The average Bonchev–Trinajstić information content (AvgIpc) is 2.98. The molecule has 116 valence electrons. The van der Waals surface area contributed by atoms with E-state index in [2.05, 4.69) is 25.2 Å². The van der Waals surface area contributed by atoms with Crippen molar-refractivity contribution in [2.45, 2.75) is 56.9 Å². The fourth-order valence-electron chi connectivity index (χ4n) is 3.81. The number of aryl methyl sites for hydroxylation is 1. The van der Waals surface area contributed by atoms with E-state index in [1.807, 2.05) is 0 Å². The van der Waals surface area contributed by atoms with E-state index in [1.54, 1.807) is 11.5 Å². The Labute approximate surface area is 134 Å². The normalized spacial score (nSPS) is 24.7. The summed E-state index contributed by atoms with van der Waals surface area (Å²) < 4.78 is 7.01. The number of fused-ring (bicyclic) bond motifs is 1. The van der Waals surface area contributed by atoms with E-state index in [0.717, 1.165) is 24.0 Å². The molecule has 2 aromatic rings. The van der Waals surface area contributed by atoms with Gasteiger partial charge < -0.3 is 9.47 Å². The molecule has 1 atom stereocenters. The number of imidazole rings is 1. The van der Waals surface area contributed by atoms with Gasteiger partial charge in [0, 0.05) is 36.2 Å². The van der Waals surface area contributed by atoms with Gasteiger partial charge in [-0.1, -0.05) is 0 Å². The molecule has 1 saturated carbocycles. The van der Waals surface area contributed by atoms with E-state index in [1.165, 1.54) is 56.3 Å². The number of hydrogen-bond donors (Lipinski definition) is 0. The van der Waals surface area contributed by atoms with Crippen LogP contribution >= 0.6 is 11.5 Å². The van der Waals surface area contributed by atoms with Gasteiger partial charge in [-0.3, -0.25) is 0 Å². The Morgan fingerprint density at radius 2 is 2.05 bits per heavy atom. The standard InChI is InChI=1S/C16H21N5S/c1-2-4-14-13(3-1)17-10-21(14)12-7-8-20(9-12)16-18-15(19-22-16)11-5-6-11/h10-12H,1-9H2/t12-/m0/s1. The summed E-state index contributed by atoms with van der Waals surface area (Å²) in [7, 11) is 0. The Hall–Kier alpha value is -1.43. The first-order valence-electron chi connectivity index (χ1n) is 8.51. The highest BCUT2D eigenvalue weighted by molar-refractivity contribution is 7.09. The molecule has 1 aliphatic heterocycles. The average molecular weight is 315 g/mol. The summed E-state index contributed by atoms with van der Waals surface area (Å²) in [5.74, 6) is 1.74. The number of hydrogen-bond acceptors (Lipinski definition) is 5. The second kappa shape index (κ2) is 5.05. The Morgan fingerprint density at radius 3 is 2.95 bits per heavy atom. The number of nitrogens with zero attached hydrogens (tertiary/aromatic N) is 5. The third-order valence-corrected chi connectivity index (χ3v) is 6.05. The summed E-state index contributed by atoms with van der Waals surface area (Å²) >= 11 is 1.58. The summed E-state index contributed by atoms with van der Waals surface area (Å²) in [6, 6.07) is 0.558. The molecule has 3 heterocycles. The van der Waals surface area contributed by atoms with Crippen molar-refractivity contribution < 1.29 is 0 Å². The van der Waals surface area contributed by atoms with Crippen LogP contribution in [0.15, 0.2) is 6.33 Å². The van der Waals surface area contributed by atoms with Crippen LogP contribution in [0.4, 0.5) is 5.13 Å². The van der Waals surface area contributed by atoms with Gasteiger partial charge in [0.15, 0.2) is 0 Å². The molecule has 0 amide bonds. The van der Waals surface area contributed by atoms with Gasteiger partial charge in [-0.15, -0.1) is 0 Å². The quantitative estimate of drug-likeness (QED) is 0.874. The van der Waals surface area contributed by atoms with Crippen LogP contribution in [0, 0.1) is 0 Å². The first-order chi connectivity index (χ1) is 10.9. The van der Waals surface area contributed by atoms with Gasteiger partial charge in [0.2, 0.25) is 5.13 Å². The summed E-state index contributed by atoms with van der Waals surface area (Å²) in [6.45, 7) is 2.15. The molecule has 2 fully saturated rings. The lowest BCUT2D eigenvalue weighted by molar-refractivity contribution is 0.515. The molecular formula is C16H21N5S. The Morgan fingerprint density at radius 1 is 1.14 bits per heavy atom. The van der Waals surface area contributed by atoms with Crippen molar-refractivity contribution in [1.29, 1.82) is 0 Å². The molecule has 2 aromatic heterocycles. The zero-order valence-electron chi connectivity index (χ0n) is 12.7. The van der Waals surface area contributed by atoms with Crippen LogP contribution in [0.1, 0.15) is 61.3 Å². The fraction of sp³-hybridized carbons (Fsp3) is 0.688. The number of aromatic nitrogens is 4. The van der Waals surface area contributed by atoms with Crippen molar-refractivity contribution in [3.05, 3.63) is 23.5 Å². The minimum Gasteiger partial charge on any atom is -0.345 e. The van der Waals surface area contributed by atoms with Crippen molar-refractivity contribution in [2.75, 3.05) is 18.0 Å². The Kier molecular flexibility index (Phi) is 2.99. The van der Waals surface area contributed by atoms with Crippen molar-refractivity contribution in [1.82, 2.24) is 18.9 Å². The van der Waals surface area contributed by atoms with Crippen molar-refractivity contribution >= 4 is 16.7 Å². The van der Waals surface area contributed by atoms with Crippen LogP contribution in [-0.4, -0.2) is 32.0 Å². The fourth-order valence-corrected chi connectivity index (χ4v) is 4.59. The van der Waals surface area contributed by atoms with Gasteiger partial charge >= 0.3 is 0 Å². The molecule has 3 aliphatic rings. The maximum Gasteiger partial charge on any atom is 0.205 e. The number of rotatable bonds is 3. The van der Waals surface area contributed by atoms with Crippen molar-refractivity contribution in [3.8, 4) is 0 Å². The third-order valence-electron chi connectivity index (χ3n) is 5.26. The van der Waals surface area contributed by atoms with Gasteiger partial charge in [-0.25, -0.2) is 9.97 Å². The van der Waals surface area contributed by atoms with Crippen LogP contribution in [0.3, 0.4) is 0 Å². The monoisotopic (exact) mass is 315 g/mol. The Bertz CT molecular complexity index is 687. The van der Waals surface area contributed by atoms with Crippen LogP contribution < -0.4 is 4.90 Å². The summed E-state index contributed by atoms with van der Waals surface area (Å²) in [5, 5.41) is 1.12. The minimum atomic E-state index is 0.558. The maximum atomic E-state index is 4.77. The zero-order chi connectivity index (χ0) is 14.5. The third kappa shape index (κ3) is 2.16. The SMILES string of the molecule is c1nc2c(n1[C@H]1CCN(c3nc(C4CC4)ns3)C1)CCCC2. The zero-order valence-corrected chi connectivity index (χ0v) is 13.6. The van der Waals surface area contributed by atoms with Gasteiger partial charge in [-0.05, 0) is 44.9 Å². The molecule has 2 aliphatic carbocycles. The molecule has 22 heavy (non-hydrogen) atoms. The highest BCUT2D eigenvalue weighted by Gasteiger charge is 2.32. The summed E-state index contributed by atoms with van der Waals surface area (Å²) in [6.07, 6.45) is 10.8. The van der Waals surface area contributed by atoms with Gasteiger partial charge in [0.1, 0.15) is 5.82 Å². The van der Waals surface area contributed by atoms with Crippen molar-refractivity contribution in [2.24, 2.45) is 0 Å². The largest absolute Gasteiger partial charge is 0.345 e. The van der Waals surface area contributed by atoms with E-state index in [0.29, 0.717) is 12.0 Å². The predicted molar refractivity (Wildman–Crippen MR) is 86.6 cm³/mol. The first kappa shape index (κ1) is 13.0. The topological polar surface area (TPSA) is 46.8 Å². The molecule has 0 aromatic carbocycles. The lowest BCUT2D eigenvalue weighted by atomic mass is 10.0. The smallest absolute Gasteiger partial charge is 0.205 e. The molecule has 1 saturated heterocycles. The van der Waals surface area contributed by atoms with Crippen LogP contribution in [0.2, 0.25) is 0 Å². The van der Waals surface area contributed by atoms with E-state index >= 15 is 0 Å². The van der Waals surface area contributed by atoms with E-state index in [9.17, 15) is 0 Å². The molecule has 0 bridgehead atoms. The lowest BCUT2D eigenvalue weighted by Gasteiger charge is -2.19. The molecule has 0 unspecified atom stereocenters. The van der Waals surface area contributed by atoms with E-state index in [4.69, 9.17) is 4.98 Å². The molecule has 6 heteroatoms. The molecular weight excluding hydrogens is 294 g/mol. The van der Waals surface area contributed by atoms with Crippen LogP contribution in [0.25, 0.3) is 0 Å². The lowest BCUT2D eigenvalue weighted by Crippen LogP contribution is -2.21. The van der Waals surface area contributed by atoms with Gasteiger partial charge in [0.25, 0.3) is 0 Å². The molecule has 5 rings (SSSR count). The van der Waals surface area contributed by atoms with E-state index in [-0.39, 0.29) is 0 Å². The summed E-state index contributed by atoms with van der Waals surface area (Å²) in [4.78, 5) is 11.8. The van der Waals surface area contributed by atoms with Gasteiger partial charge in [0.05, 0.1) is 18.1 Å². The second-order valence-corrected chi connectivity index (χ2v) is 7.58. The number of anilines is 1. The maximum absolute atomic E-state index is 4.77. The molecule has 0 N–H and O–H groups in total.